The lowest BCUT2D eigenvalue weighted by Crippen LogP contribution is -2.35. The molecule has 196 valence electrons. The highest BCUT2D eigenvalue weighted by Crippen LogP contribution is 2.28. The second kappa shape index (κ2) is 13.3. The van der Waals surface area contributed by atoms with Crippen LogP contribution in [0.15, 0.2) is 59.0 Å². The average molecular weight is 523 g/mol. The van der Waals surface area contributed by atoms with Crippen molar-refractivity contribution in [3.63, 3.8) is 0 Å². The first-order valence-electron chi connectivity index (χ1n) is 12.1. The van der Waals surface area contributed by atoms with Gasteiger partial charge in [0.05, 0.1) is 24.0 Å². The van der Waals surface area contributed by atoms with Gasteiger partial charge in [0.1, 0.15) is 5.00 Å². The summed E-state index contributed by atoms with van der Waals surface area (Å²) in [4.78, 5) is 27.8. The normalized spacial score (nSPS) is 13.1. The summed E-state index contributed by atoms with van der Waals surface area (Å²) in [5.74, 6) is -0.739. The molecule has 0 bridgehead atoms. The molecular weight excluding hydrogens is 488 g/mol. The van der Waals surface area contributed by atoms with Crippen LogP contribution in [0.4, 0.5) is 5.00 Å². The summed E-state index contributed by atoms with van der Waals surface area (Å²) in [6.07, 6.45) is 0.484. The lowest BCUT2D eigenvalue weighted by Gasteiger charge is -2.25. The van der Waals surface area contributed by atoms with E-state index in [1.807, 2.05) is 54.5 Å². The first kappa shape index (κ1) is 28.2. The van der Waals surface area contributed by atoms with E-state index in [1.54, 1.807) is 38.3 Å². The summed E-state index contributed by atoms with van der Waals surface area (Å²) in [6, 6.07) is 14.9. The number of nitrogens with zero attached hydrogens (tertiary/aromatic N) is 2. The number of aliphatic hydroxyl groups is 2. The van der Waals surface area contributed by atoms with E-state index in [2.05, 4.69) is 15.8 Å². The molecule has 3 aromatic rings. The largest absolute Gasteiger partial charge is 0.392 e. The minimum Gasteiger partial charge on any atom is -0.392 e. The smallest absolute Gasteiger partial charge is 0.274 e. The fraction of sp³-hybridized carbons (Fsp3) is 0.321. The Morgan fingerprint density at radius 2 is 1.70 bits per heavy atom. The van der Waals surface area contributed by atoms with Crippen LogP contribution in [0, 0.1) is 13.8 Å². The van der Waals surface area contributed by atoms with Crippen molar-refractivity contribution in [3.05, 3.63) is 87.3 Å². The lowest BCUT2D eigenvalue weighted by atomic mass is 10.1. The number of benzene rings is 2. The maximum absolute atomic E-state index is 13.1. The molecule has 0 saturated heterocycles. The van der Waals surface area contributed by atoms with E-state index in [0.29, 0.717) is 35.8 Å². The number of anilines is 1. The van der Waals surface area contributed by atoms with Crippen molar-refractivity contribution in [2.24, 2.45) is 5.10 Å². The molecule has 2 amide bonds. The maximum atomic E-state index is 13.1. The van der Waals surface area contributed by atoms with E-state index in [0.717, 1.165) is 22.3 Å². The number of thiophene rings is 1. The number of aliphatic hydroxyl groups excluding tert-OH is 2. The van der Waals surface area contributed by atoms with Gasteiger partial charge in [-0.25, -0.2) is 5.43 Å². The number of rotatable bonds is 11. The maximum Gasteiger partial charge on any atom is 0.274 e. The van der Waals surface area contributed by atoms with Gasteiger partial charge in [0.2, 0.25) is 0 Å². The summed E-state index contributed by atoms with van der Waals surface area (Å²) in [6.45, 7) is 8.48. The first-order chi connectivity index (χ1) is 17.6. The number of amides is 2. The molecule has 0 radical (unpaired) electrons. The molecule has 4 N–H and O–H groups in total. The Labute approximate surface area is 221 Å². The van der Waals surface area contributed by atoms with Gasteiger partial charge in [-0.05, 0) is 61.9 Å². The summed E-state index contributed by atoms with van der Waals surface area (Å²) in [5.41, 5.74) is 6.97. The third-order valence-corrected chi connectivity index (χ3v) is 6.54. The molecule has 3 rings (SSSR count). The summed E-state index contributed by atoms with van der Waals surface area (Å²) < 4.78 is 0. The van der Waals surface area contributed by atoms with E-state index in [1.165, 1.54) is 11.3 Å². The number of carbonyl (C=O) groups excluding carboxylic acids is 2. The molecule has 1 aromatic heterocycles. The quantitative estimate of drug-likeness (QED) is 0.225. The van der Waals surface area contributed by atoms with Crippen molar-refractivity contribution in [1.29, 1.82) is 0 Å². The zero-order valence-electron chi connectivity index (χ0n) is 21.6. The molecule has 0 aliphatic heterocycles. The van der Waals surface area contributed by atoms with Gasteiger partial charge in [0.15, 0.2) is 0 Å². The van der Waals surface area contributed by atoms with Gasteiger partial charge in [0, 0.05) is 25.2 Å². The lowest BCUT2D eigenvalue weighted by molar-refractivity contribution is 0.0793. The van der Waals surface area contributed by atoms with Crippen LogP contribution in [0.3, 0.4) is 0 Å². The van der Waals surface area contributed by atoms with Gasteiger partial charge in [-0.1, -0.05) is 42.0 Å². The number of hydrogen-bond acceptors (Lipinski definition) is 7. The Morgan fingerprint density at radius 1 is 1.03 bits per heavy atom. The number of nitrogens with one attached hydrogen (secondary N) is 2. The van der Waals surface area contributed by atoms with Crippen LogP contribution in [0.5, 0.6) is 0 Å². The zero-order valence-corrected chi connectivity index (χ0v) is 22.4. The molecular formula is C28H34N4O4S. The highest BCUT2D eigenvalue weighted by Gasteiger charge is 2.19. The first-order valence-corrected chi connectivity index (χ1v) is 13.0. The van der Waals surface area contributed by atoms with Crippen molar-refractivity contribution in [1.82, 2.24) is 10.3 Å². The van der Waals surface area contributed by atoms with Crippen molar-refractivity contribution in [3.8, 4) is 0 Å². The molecule has 0 fully saturated rings. The van der Waals surface area contributed by atoms with Crippen LogP contribution in [0.1, 0.15) is 56.8 Å². The SMILES string of the molecule is Cc1ccc(/C=N/NC(=O)c2c(C)csc2NC(=O)c2cccc(CN(CC(C)O)CC(C)O)c2)cc1. The monoisotopic (exact) mass is 522 g/mol. The second-order valence-corrected chi connectivity index (χ2v) is 10.2. The Kier molecular flexibility index (Phi) is 10.1. The highest BCUT2D eigenvalue weighted by molar-refractivity contribution is 7.15. The van der Waals surface area contributed by atoms with E-state index >= 15 is 0 Å². The van der Waals surface area contributed by atoms with Gasteiger partial charge in [-0.15, -0.1) is 11.3 Å². The number of carbonyl (C=O) groups is 2. The fourth-order valence-corrected chi connectivity index (χ4v) is 4.82. The van der Waals surface area contributed by atoms with Gasteiger partial charge in [-0.3, -0.25) is 14.5 Å². The minimum absolute atomic E-state index is 0.335. The molecule has 8 nitrogen and oxygen atoms in total. The third kappa shape index (κ3) is 8.61. The highest BCUT2D eigenvalue weighted by atomic mass is 32.1. The molecule has 0 spiro atoms. The molecule has 2 aromatic carbocycles. The second-order valence-electron chi connectivity index (χ2n) is 9.28. The molecule has 9 heteroatoms. The Hall–Kier alpha value is -3.37. The Morgan fingerprint density at radius 3 is 2.35 bits per heavy atom. The molecule has 0 aliphatic carbocycles. The van der Waals surface area contributed by atoms with Crippen molar-refractivity contribution in [2.75, 3.05) is 18.4 Å². The van der Waals surface area contributed by atoms with Gasteiger partial charge in [-0.2, -0.15) is 5.10 Å². The van der Waals surface area contributed by atoms with Crippen LogP contribution < -0.4 is 10.7 Å². The topological polar surface area (TPSA) is 114 Å². The van der Waals surface area contributed by atoms with Crippen LogP contribution in [0.2, 0.25) is 0 Å². The summed E-state index contributed by atoms with van der Waals surface area (Å²) in [7, 11) is 0. The number of hydrogen-bond donors (Lipinski definition) is 4. The molecule has 1 heterocycles. The van der Waals surface area contributed by atoms with Gasteiger partial charge in [0.25, 0.3) is 11.8 Å². The number of aryl methyl sites for hydroxylation is 2. The van der Waals surface area contributed by atoms with Gasteiger partial charge >= 0.3 is 0 Å². The van der Waals surface area contributed by atoms with Crippen molar-refractivity contribution in [2.45, 2.75) is 46.4 Å². The van der Waals surface area contributed by atoms with E-state index in [9.17, 15) is 19.8 Å². The predicted octanol–water partition coefficient (Wildman–Crippen LogP) is 3.94. The fourth-order valence-electron chi connectivity index (χ4n) is 3.89. The van der Waals surface area contributed by atoms with Crippen molar-refractivity contribution < 1.29 is 19.8 Å². The molecule has 2 unspecified atom stereocenters. The van der Waals surface area contributed by atoms with Crippen molar-refractivity contribution >= 4 is 34.4 Å². The molecule has 2 atom stereocenters. The van der Waals surface area contributed by atoms with Crippen LogP contribution >= 0.6 is 11.3 Å². The Bertz CT molecular complexity index is 1230. The number of hydrazone groups is 1. The van der Waals surface area contributed by atoms with Gasteiger partial charge < -0.3 is 15.5 Å². The van der Waals surface area contributed by atoms with E-state index < -0.39 is 18.1 Å². The van der Waals surface area contributed by atoms with Crippen LogP contribution in [-0.2, 0) is 6.54 Å². The van der Waals surface area contributed by atoms with E-state index in [4.69, 9.17) is 0 Å². The molecule has 37 heavy (non-hydrogen) atoms. The molecule has 0 saturated carbocycles. The van der Waals surface area contributed by atoms with Crippen LogP contribution in [0.25, 0.3) is 0 Å². The minimum atomic E-state index is -0.543. The summed E-state index contributed by atoms with van der Waals surface area (Å²) >= 11 is 1.28. The zero-order chi connectivity index (χ0) is 26.9. The average Bonchev–Trinajstić information content (AvgIpc) is 3.19. The predicted molar refractivity (Wildman–Crippen MR) is 148 cm³/mol. The van der Waals surface area contributed by atoms with Crippen LogP contribution in [-0.4, -0.2) is 58.4 Å². The molecule has 0 aliphatic rings. The standard InChI is InChI=1S/C28H34N4O4S/c1-18-8-10-22(11-9-18)13-29-31-27(36)25-19(2)17-37-28(25)30-26(35)24-7-5-6-23(12-24)16-32(14-20(3)33)15-21(4)34/h5-13,17,20-21,33-34H,14-16H2,1-4H3,(H,30,35)(H,31,36)/b29-13+. The Balaban J connectivity index is 1.69. The van der Waals surface area contributed by atoms with E-state index in [-0.39, 0.29) is 5.91 Å². The summed E-state index contributed by atoms with van der Waals surface area (Å²) in [5, 5.41) is 28.7. The third-order valence-electron chi connectivity index (χ3n) is 5.53.